The van der Waals surface area contributed by atoms with Crippen molar-refractivity contribution in [2.24, 2.45) is 11.8 Å². The summed E-state index contributed by atoms with van der Waals surface area (Å²) in [7, 11) is 0. The van der Waals surface area contributed by atoms with Crippen molar-refractivity contribution < 1.29 is 19.4 Å². The van der Waals surface area contributed by atoms with E-state index in [-0.39, 0.29) is 24.3 Å². The molecule has 3 atom stereocenters. The first-order chi connectivity index (χ1) is 8.11. The zero-order chi connectivity index (χ0) is 12.3. The van der Waals surface area contributed by atoms with Crippen LogP contribution in [-0.4, -0.2) is 49.6 Å². The Morgan fingerprint density at radius 2 is 2.29 bits per heavy atom. The number of aliphatic hydroxyl groups is 1. The van der Waals surface area contributed by atoms with Crippen LogP contribution in [0.5, 0.6) is 0 Å². The van der Waals surface area contributed by atoms with Crippen molar-refractivity contribution in [1.82, 2.24) is 5.32 Å². The average Bonchev–Trinajstić information content (AvgIpc) is 2.74. The SMILES string of the molecule is CC1COCCC1C(=O)NCC1(O)CCOC1. The smallest absolute Gasteiger partial charge is 0.223 e. The van der Waals surface area contributed by atoms with E-state index in [1.807, 2.05) is 6.92 Å². The number of carbonyl (C=O) groups is 1. The normalized spacial score (nSPS) is 38.0. The molecule has 2 saturated heterocycles. The minimum absolute atomic E-state index is 0.00896. The molecular formula is C12H21NO4. The van der Waals surface area contributed by atoms with Crippen molar-refractivity contribution in [2.75, 3.05) is 33.0 Å². The maximum Gasteiger partial charge on any atom is 0.223 e. The van der Waals surface area contributed by atoms with E-state index in [0.29, 0.717) is 32.8 Å². The Morgan fingerprint density at radius 3 is 2.94 bits per heavy atom. The molecule has 0 spiro atoms. The molecule has 0 aliphatic carbocycles. The van der Waals surface area contributed by atoms with Gasteiger partial charge in [-0.25, -0.2) is 0 Å². The number of nitrogens with one attached hydrogen (secondary N) is 1. The van der Waals surface area contributed by atoms with Gasteiger partial charge in [0.2, 0.25) is 5.91 Å². The second-order valence-corrected chi connectivity index (χ2v) is 5.19. The van der Waals surface area contributed by atoms with Gasteiger partial charge >= 0.3 is 0 Å². The van der Waals surface area contributed by atoms with Gasteiger partial charge in [0.1, 0.15) is 5.60 Å². The van der Waals surface area contributed by atoms with Crippen LogP contribution in [-0.2, 0) is 14.3 Å². The highest BCUT2D eigenvalue weighted by Gasteiger charge is 2.34. The van der Waals surface area contributed by atoms with E-state index in [1.54, 1.807) is 0 Å². The third kappa shape index (κ3) is 3.18. The molecular weight excluding hydrogens is 222 g/mol. The Bertz CT molecular complexity index is 276. The number of ether oxygens (including phenoxy) is 2. The first-order valence-corrected chi connectivity index (χ1v) is 6.26. The van der Waals surface area contributed by atoms with Crippen LogP contribution in [0.2, 0.25) is 0 Å². The van der Waals surface area contributed by atoms with Crippen molar-refractivity contribution in [3.05, 3.63) is 0 Å². The van der Waals surface area contributed by atoms with Crippen LogP contribution in [0.3, 0.4) is 0 Å². The quantitative estimate of drug-likeness (QED) is 0.728. The molecule has 0 saturated carbocycles. The molecule has 98 valence electrons. The van der Waals surface area contributed by atoms with Gasteiger partial charge in [0.05, 0.1) is 6.61 Å². The lowest BCUT2D eigenvalue weighted by atomic mass is 9.89. The summed E-state index contributed by atoms with van der Waals surface area (Å²) < 4.78 is 10.4. The molecule has 2 fully saturated rings. The highest BCUT2D eigenvalue weighted by atomic mass is 16.5. The van der Waals surface area contributed by atoms with E-state index in [2.05, 4.69) is 5.32 Å². The van der Waals surface area contributed by atoms with Crippen molar-refractivity contribution in [1.29, 1.82) is 0 Å². The lowest BCUT2D eigenvalue weighted by molar-refractivity contribution is -0.131. The molecule has 0 bridgehead atoms. The minimum Gasteiger partial charge on any atom is -0.386 e. The van der Waals surface area contributed by atoms with Crippen LogP contribution in [0.25, 0.3) is 0 Å². The van der Waals surface area contributed by atoms with E-state index in [0.717, 1.165) is 6.42 Å². The Kier molecular flexibility index (Phi) is 4.01. The van der Waals surface area contributed by atoms with Gasteiger partial charge in [0.15, 0.2) is 0 Å². The van der Waals surface area contributed by atoms with Crippen molar-refractivity contribution in [3.8, 4) is 0 Å². The second-order valence-electron chi connectivity index (χ2n) is 5.19. The molecule has 2 N–H and O–H groups in total. The topological polar surface area (TPSA) is 67.8 Å². The van der Waals surface area contributed by atoms with Gasteiger partial charge in [0, 0.05) is 38.7 Å². The monoisotopic (exact) mass is 243 g/mol. The number of amides is 1. The Morgan fingerprint density at radius 1 is 1.47 bits per heavy atom. The molecule has 17 heavy (non-hydrogen) atoms. The summed E-state index contributed by atoms with van der Waals surface area (Å²) in [5.41, 5.74) is -0.871. The summed E-state index contributed by atoms with van der Waals surface area (Å²) >= 11 is 0. The van der Waals surface area contributed by atoms with Crippen LogP contribution in [0, 0.1) is 11.8 Å². The van der Waals surface area contributed by atoms with Gasteiger partial charge in [0.25, 0.3) is 0 Å². The van der Waals surface area contributed by atoms with Gasteiger partial charge < -0.3 is 19.9 Å². The van der Waals surface area contributed by atoms with E-state index in [9.17, 15) is 9.90 Å². The van der Waals surface area contributed by atoms with Gasteiger partial charge in [-0.15, -0.1) is 0 Å². The minimum atomic E-state index is -0.871. The number of rotatable bonds is 3. The molecule has 5 heteroatoms. The molecule has 0 aromatic heterocycles. The van der Waals surface area contributed by atoms with Crippen molar-refractivity contribution >= 4 is 5.91 Å². The van der Waals surface area contributed by atoms with E-state index < -0.39 is 5.60 Å². The summed E-state index contributed by atoms with van der Waals surface area (Å²) in [5.74, 6) is 0.286. The molecule has 2 aliphatic heterocycles. The Labute approximate surface area is 101 Å². The summed E-state index contributed by atoms with van der Waals surface area (Å²) in [4.78, 5) is 12.0. The van der Waals surface area contributed by atoms with E-state index in [1.165, 1.54) is 0 Å². The highest BCUT2D eigenvalue weighted by Crippen LogP contribution is 2.22. The lowest BCUT2D eigenvalue weighted by Crippen LogP contribution is -2.47. The summed E-state index contributed by atoms with van der Waals surface area (Å²) in [5, 5.41) is 12.9. The van der Waals surface area contributed by atoms with Crippen LogP contribution < -0.4 is 5.32 Å². The third-order valence-corrected chi connectivity index (χ3v) is 3.65. The Balaban J connectivity index is 1.80. The zero-order valence-corrected chi connectivity index (χ0v) is 10.3. The van der Waals surface area contributed by atoms with Crippen LogP contribution in [0.1, 0.15) is 19.8 Å². The van der Waals surface area contributed by atoms with Gasteiger partial charge in [-0.1, -0.05) is 6.92 Å². The molecule has 0 radical (unpaired) electrons. The van der Waals surface area contributed by atoms with Gasteiger partial charge in [-0.05, 0) is 12.3 Å². The molecule has 5 nitrogen and oxygen atoms in total. The number of hydrogen-bond acceptors (Lipinski definition) is 4. The summed E-state index contributed by atoms with van der Waals surface area (Å²) in [6.45, 7) is 4.49. The van der Waals surface area contributed by atoms with Crippen LogP contribution >= 0.6 is 0 Å². The molecule has 0 aromatic rings. The maximum atomic E-state index is 12.0. The zero-order valence-electron chi connectivity index (χ0n) is 10.3. The van der Waals surface area contributed by atoms with Crippen molar-refractivity contribution in [3.63, 3.8) is 0 Å². The molecule has 2 heterocycles. The highest BCUT2D eigenvalue weighted by molar-refractivity contribution is 5.79. The van der Waals surface area contributed by atoms with E-state index in [4.69, 9.17) is 9.47 Å². The fourth-order valence-electron chi connectivity index (χ4n) is 2.39. The van der Waals surface area contributed by atoms with Gasteiger partial charge in [-0.2, -0.15) is 0 Å². The van der Waals surface area contributed by atoms with Crippen molar-refractivity contribution in [2.45, 2.75) is 25.4 Å². The summed E-state index contributed by atoms with van der Waals surface area (Å²) in [6.07, 6.45) is 1.36. The number of carbonyl (C=O) groups excluding carboxylic acids is 1. The third-order valence-electron chi connectivity index (χ3n) is 3.65. The molecule has 2 aliphatic rings. The first-order valence-electron chi connectivity index (χ1n) is 6.26. The van der Waals surface area contributed by atoms with Gasteiger partial charge in [-0.3, -0.25) is 4.79 Å². The van der Waals surface area contributed by atoms with E-state index >= 15 is 0 Å². The maximum absolute atomic E-state index is 12.0. The van der Waals surface area contributed by atoms with Crippen LogP contribution in [0.4, 0.5) is 0 Å². The molecule has 1 amide bonds. The Hall–Kier alpha value is -0.650. The lowest BCUT2D eigenvalue weighted by Gasteiger charge is -2.29. The standard InChI is InChI=1S/C12H21NO4/c1-9-6-16-4-2-10(9)11(14)13-7-12(15)3-5-17-8-12/h9-10,15H,2-8H2,1H3,(H,13,14). The largest absolute Gasteiger partial charge is 0.386 e. The predicted octanol–water partition coefficient (Wildman–Crippen LogP) is -0.0734. The number of hydrogen-bond donors (Lipinski definition) is 2. The fourth-order valence-corrected chi connectivity index (χ4v) is 2.39. The molecule has 2 rings (SSSR count). The average molecular weight is 243 g/mol. The predicted molar refractivity (Wildman–Crippen MR) is 61.5 cm³/mol. The summed E-state index contributed by atoms with van der Waals surface area (Å²) in [6, 6.07) is 0. The first kappa shape index (κ1) is 12.8. The molecule has 0 aromatic carbocycles. The second kappa shape index (κ2) is 5.33. The fraction of sp³-hybridized carbons (Fsp3) is 0.917. The van der Waals surface area contributed by atoms with Crippen LogP contribution in [0.15, 0.2) is 0 Å². The molecule has 3 unspecified atom stereocenters.